The number of piperidine rings is 1. The van der Waals surface area contributed by atoms with E-state index in [2.05, 4.69) is 41.3 Å². The van der Waals surface area contributed by atoms with Crippen molar-refractivity contribution in [3.63, 3.8) is 0 Å². The highest BCUT2D eigenvalue weighted by Gasteiger charge is 2.35. The van der Waals surface area contributed by atoms with Crippen molar-refractivity contribution in [3.05, 3.63) is 60.2 Å². The molecule has 1 aliphatic heterocycles. The van der Waals surface area contributed by atoms with Gasteiger partial charge >= 0.3 is 0 Å². The second-order valence-electron chi connectivity index (χ2n) is 9.77. The zero-order valence-corrected chi connectivity index (χ0v) is 19.5. The first kappa shape index (κ1) is 22.8. The lowest BCUT2D eigenvalue weighted by Crippen LogP contribution is -2.49. The van der Waals surface area contributed by atoms with Crippen LogP contribution >= 0.6 is 0 Å². The molecular weight excluding hydrogens is 396 g/mol. The number of hydrogen-bond donors (Lipinski definition) is 0. The highest BCUT2D eigenvalue weighted by molar-refractivity contribution is 5.79. The third kappa shape index (κ3) is 5.33. The minimum atomic E-state index is 0.0192. The summed E-state index contributed by atoms with van der Waals surface area (Å²) in [6.07, 6.45) is 18.5. The van der Waals surface area contributed by atoms with Crippen LogP contribution in [0.2, 0.25) is 0 Å². The lowest BCUT2D eigenvalue weighted by atomic mass is 9.78. The van der Waals surface area contributed by atoms with Gasteiger partial charge in [-0.1, -0.05) is 67.5 Å². The van der Waals surface area contributed by atoms with Crippen molar-refractivity contribution < 1.29 is 9.59 Å². The number of hydrogen-bond acceptors (Lipinski definition) is 2. The first-order chi connectivity index (χ1) is 15.6. The Kier molecular flexibility index (Phi) is 7.83. The van der Waals surface area contributed by atoms with Crippen LogP contribution < -0.4 is 0 Å². The number of nitrogens with zero attached hydrogens (tertiary/aromatic N) is 2. The summed E-state index contributed by atoms with van der Waals surface area (Å²) in [6, 6.07) is 10.8. The Morgan fingerprint density at radius 1 is 1.03 bits per heavy atom. The van der Waals surface area contributed by atoms with Crippen LogP contribution in [0, 0.1) is 11.8 Å². The van der Waals surface area contributed by atoms with Crippen molar-refractivity contribution in [1.29, 1.82) is 0 Å². The molecule has 1 aromatic rings. The Hall–Kier alpha value is -2.36. The maximum absolute atomic E-state index is 13.1. The Labute approximate surface area is 193 Å². The van der Waals surface area contributed by atoms with Crippen molar-refractivity contribution >= 4 is 11.8 Å². The lowest BCUT2D eigenvalue weighted by molar-refractivity contribution is -0.138. The Morgan fingerprint density at radius 3 is 2.59 bits per heavy atom. The van der Waals surface area contributed by atoms with E-state index < -0.39 is 0 Å². The summed E-state index contributed by atoms with van der Waals surface area (Å²) < 4.78 is 0. The number of allylic oxidation sites excluding steroid dienone is 3. The molecule has 2 fully saturated rings. The van der Waals surface area contributed by atoms with Crippen LogP contribution in [-0.2, 0) is 9.59 Å². The fraction of sp³-hybridized carbons (Fsp3) is 0.571. The molecule has 0 radical (unpaired) electrons. The first-order valence-electron chi connectivity index (χ1n) is 12.6. The number of fused-ring (bicyclic) bond motifs is 1. The largest absolute Gasteiger partial charge is 0.339 e. The second-order valence-corrected chi connectivity index (χ2v) is 9.77. The smallest absolute Gasteiger partial charge is 0.222 e. The molecule has 0 spiro atoms. The maximum atomic E-state index is 13.1. The van der Waals surface area contributed by atoms with Crippen LogP contribution in [0.5, 0.6) is 0 Å². The van der Waals surface area contributed by atoms with E-state index in [1.165, 1.54) is 37.7 Å². The van der Waals surface area contributed by atoms with Gasteiger partial charge in [0.25, 0.3) is 0 Å². The predicted molar refractivity (Wildman–Crippen MR) is 129 cm³/mol. The Balaban J connectivity index is 1.33. The molecule has 4 nitrogen and oxygen atoms in total. The van der Waals surface area contributed by atoms with E-state index in [4.69, 9.17) is 0 Å². The van der Waals surface area contributed by atoms with Crippen LogP contribution in [0.4, 0.5) is 0 Å². The zero-order valence-electron chi connectivity index (χ0n) is 19.5. The molecule has 4 atom stereocenters. The number of amides is 2. The number of benzene rings is 1. The van der Waals surface area contributed by atoms with Gasteiger partial charge in [-0.3, -0.25) is 9.59 Å². The van der Waals surface area contributed by atoms with Crippen molar-refractivity contribution in [2.45, 2.75) is 76.3 Å². The van der Waals surface area contributed by atoms with Gasteiger partial charge in [0, 0.05) is 38.4 Å². The van der Waals surface area contributed by atoms with E-state index in [9.17, 15) is 9.59 Å². The van der Waals surface area contributed by atoms with E-state index in [1.54, 1.807) is 0 Å². The molecule has 0 N–H and O–H groups in total. The number of likely N-dealkylation sites (tertiary alicyclic amines) is 1. The van der Waals surface area contributed by atoms with Crippen LogP contribution in [0.1, 0.15) is 75.8 Å². The van der Waals surface area contributed by atoms with E-state index in [0.29, 0.717) is 31.2 Å². The molecule has 1 saturated heterocycles. The number of carbonyl (C=O) groups excluding carboxylic acids is 2. The fourth-order valence-corrected chi connectivity index (χ4v) is 6.04. The number of rotatable bonds is 7. The summed E-state index contributed by atoms with van der Waals surface area (Å²) >= 11 is 0. The van der Waals surface area contributed by atoms with Gasteiger partial charge in [0.2, 0.25) is 11.8 Å². The zero-order chi connectivity index (χ0) is 22.3. The summed E-state index contributed by atoms with van der Waals surface area (Å²) in [5.74, 6) is 1.37. The summed E-state index contributed by atoms with van der Waals surface area (Å²) in [7, 11) is 1.92. The third-order valence-corrected chi connectivity index (χ3v) is 7.72. The van der Waals surface area contributed by atoms with Gasteiger partial charge in [0.05, 0.1) is 6.04 Å². The van der Waals surface area contributed by atoms with Crippen molar-refractivity contribution in [3.8, 4) is 0 Å². The fourth-order valence-electron chi connectivity index (χ4n) is 6.04. The van der Waals surface area contributed by atoms with Gasteiger partial charge < -0.3 is 9.80 Å². The molecule has 3 aliphatic rings. The Morgan fingerprint density at radius 2 is 1.81 bits per heavy atom. The third-order valence-electron chi connectivity index (χ3n) is 7.72. The van der Waals surface area contributed by atoms with Gasteiger partial charge in [-0.25, -0.2) is 0 Å². The normalized spacial score (nSPS) is 25.8. The molecule has 0 aromatic heterocycles. The molecule has 172 valence electrons. The highest BCUT2D eigenvalue weighted by Crippen LogP contribution is 2.36. The molecular formula is C28H38N2O2. The van der Waals surface area contributed by atoms with Crippen LogP contribution in [0.25, 0.3) is 0 Å². The topological polar surface area (TPSA) is 40.6 Å². The van der Waals surface area contributed by atoms with Crippen LogP contribution in [0.15, 0.2) is 54.6 Å². The molecule has 2 aliphatic carbocycles. The van der Waals surface area contributed by atoms with Crippen molar-refractivity contribution in [2.24, 2.45) is 11.8 Å². The van der Waals surface area contributed by atoms with E-state index in [-0.39, 0.29) is 23.8 Å². The van der Waals surface area contributed by atoms with Gasteiger partial charge in [0.1, 0.15) is 0 Å². The van der Waals surface area contributed by atoms with E-state index in [0.717, 1.165) is 19.4 Å². The van der Waals surface area contributed by atoms with Gasteiger partial charge in [-0.05, 0) is 50.0 Å². The average molecular weight is 435 g/mol. The lowest BCUT2D eigenvalue weighted by Gasteiger charge is -2.44. The van der Waals surface area contributed by atoms with Crippen LogP contribution in [0.3, 0.4) is 0 Å². The predicted octanol–water partition coefficient (Wildman–Crippen LogP) is 5.67. The first-order valence-corrected chi connectivity index (χ1v) is 12.6. The van der Waals surface area contributed by atoms with Crippen LogP contribution in [-0.4, -0.2) is 41.2 Å². The van der Waals surface area contributed by atoms with Gasteiger partial charge in [-0.15, -0.1) is 0 Å². The van der Waals surface area contributed by atoms with E-state index >= 15 is 0 Å². The van der Waals surface area contributed by atoms with E-state index in [1.807, 2.05) is 30.1 Å². The molecule has 0 bridgehead atoms. The molecule has 1 saturated carbocycles. The molecule has 4 heteroatoms. The highest BCUT2D eigenvalue weighted by atomic mass is 16.2. The molecule has 4 rings (SSSR count). The molecule has 2 amide bonds. The minimum Gasteiger partial charge on any atom is -0.339 e. The summed E-state index contributed by atoms with van der Waals surface area (Å²) in [5.41, 5.74) is 1.17. The minimum absolute atomic E-state index is 0.0192. The maximum Gasteiger partial charge on any atom is 0.222 e. The summed E-state index contributed by atoms with van der Waals surface area (Å²) in [4.78, 5) is 30.2. The van der Waals surface area contributed by atoms with Gasteiger partial charge in [-0.2, -0.15) is 0 Å². The van der Waals surface area contributed by atoms with Crippen molar-refractivity contribution in [1.82, 2.24) is 9.80 Å². The monoisotopic (exact) mass is 434 g/mol. The number of carbonyl (C=O) groups is 2. The summed E-state index contributed by atoms with van der Waals surface area (Å²) in [6.45, 7) is 0.908. The van der Waals surface area contributed by atoms with Gasteiger partial charge in [0.15, 0.2) is 0 Å². The SMILES string of the molecule is CN(C(=O)CCCC(=O)N1CCCC2CCCCC21)C(c1ccccc1)C1C=CC=CC1. The average Bonchev–Trinajstić information content (AvgIpc) is 2.85. The van der Waals surface area contributed by atoms with Crippen molar-refractivity contribution in [2.75, 3.05) is 13.6 Å². The quantitative estimate of drug-likeness (QED) is 0.555. The molecule has 1 aromatic carbocycles. The molecule has 32 heavy (non-hydrogen) atoms. The molecule has 1 heterocycles. The standard InChI is InChI=1S/C28H38N2O2/c1-29(28(23-13-4-2-5-14-23)24-15-6-3-7-16-24)26(31)19-10-20-27(32)30-21-11-17-22-12-8-9-18-25(22)30/h2-7,13-15,22,24-25,28H,8-12,16-21H2,1H3. The summed E-state index contributed by atoms with van der Waals surface area (Å²) in [5, 5.41) is 0. The Bertz CT molecular complexity index is 829. The second kappa shape index (κ2) is 11.0. The molecule has 4 unspecified atom stereocenters.